The number of nitrogens with one attached hydrogen (secondary N) is 1. The first-order valence-electron chi connectivity index (χ1n) is 7.00. The van der Waals surface area contributed by atoms with Crippen molar-refractivity contribution in [2.24, 2.45) is 0 Å². The monoisotopic (exact) mass is 271 g/mol. The minimum Gasteiger partial charge on any atom is -0.489 e. The van der Waals surface area contributed by atoms with Crippen molar-refractivity contribution in [3.63, 3.8) is 0 Å². The maximum Gasteiger partial charge on any atom is 0.121 e. The number of rotatable bonds is 8. The molecule has 0 amide bonds. The summed E-state index contributed by atoms with van der Waals surface area (Å²) in [5.74, 6) is 0.862. The van der Waals surface area contributed by atoms with E-state index in [0.29, 0.717) is 6.61 Å². The van der Waals surface area contributed by atoms with E-state index < -0.39 is 0 Å². The van der Waals surface area contributed by atoms with Crippen molar-refractivity contribution < 1.29 is 9.84 Å². The highest BCUT2D eigenvalue weighted by atomic mass is 16.5. The highest BCUT2D eigenvalue weighted by molar-refractivity contribution is 5.48. The predicted octanol–water partition coefficient (Wildman–Crippen LogP) is 3.45. The van der Waals surface area contributed by atoms with Gasteiger partial charge in [0.1, 0.15) is 12.4 Å². The second-order valence-corrected chi connectivity index (χ2v) is 4.66. The summed E-state index contributed by atoms with van der Waals surface area (Å²) in [5.41, 5.74) is 2.21. The number of benzene rings is 2. The van der Waals surface area contributed by atoms with E-state index in [9.17, 15) is 0 Å². The number of hydrogen-bond acceptors (Lipinski definition) is 3. The van der Waals surface area contributed by atoms with Crippen molar-refractivity contribution in [3.05, 3.63) is 60.2 Å². The molecule has 2 aromatic carbocycles. The third-order valence-electron chi connectivity index (χ3n) is 3.00. The van der Waals surface area contributed by atoms with Crippen LogP contribution in [0.2, 0.25) is 0 Å². The Balaban J connectivity index is 1.83. The van der Waals surface area contributed by atoms with Gasteiger partial charge in [-0.1, -0.05) is 36.4 Å². The number of aliphatic hydroxyl groups excluding tert-OH is 1. The first-order valence-corrected chi connectivity index (χ1v) is 7.00. The summed E-state index contributed by atoms with van der Waals surface area (Å²) in [4.78, 5) is 0. The van der Waals surface area contributed by atoms with Crippen LogP contribution in [0.1, 0.15) is 18.4 Å². The van der Waals surface area contributed by atoms with E-state index in [-0.39, 0.29) is 6.61 Å². The van der Waals surface area contributed by atoms with Gasteiger partial charge in [0.05, 0.1) is 0 Å². The fourth-order valence-corrected chi connectivity index (χ4v) is 1.91. The van der Waals surface area contributed by atoms with Gasteiger partial charge in [-0.15, -0.1) is 0 Å². The summed E-state index contributed by atoms with van der Waals surface area (Å²) < 4.78 is 5.78. The highest BCUT2D eigenvalue weighted by Crippen LogP contribution is 2.18. The third-order valence-corrected chi connectivity index (χ3v) is 3.00. The highest BCUT2D eigenvalue weighted by Gasteiger charge is 1.98. The summed E-state index contributed by atoms with van der Waals surface area (Å²) >= 11 is 0. The zero-order valence-corrected chi connectivity index (χ0v) is 11.6. The molecule has 0 aliphatic rings. The van der Waals surface area contributed by atoms with Gasteiger partial charge in [-0.3, -0.25) is 0 Å². The van der Waals surface area contributed by atoms with Crippen molar-refractivity contribution in [2.75, 3.05) is 18.5 Å². The number of ether oxygens (including phenoxy) is 1. The van der Waals surface area contributed by atoms with Gasteiger partial charge in [0.25, 0.3) is 0 Å². The largest absolute Gasteiger partial charge is 0.489 e. The van der Waals surface area contributed by atoms with Gasteiger partial charge in [-0.2, -0.15) is 0 Å². The lowest BCUT2D eigenvalue weighted by molar-refractivity contribution is 0.286. The Bertz CT molecular complexity index is 499. The topological polar surface area (TPSA) is 41.5 Å². The van der Waals surface area contributed by atoms with Crippen LogP contribution in [0.5, 0.6) is 5.75 Å². The van der Waals surface area contributed by atoms with Gasteiger partial charge in [-0.05, 0) is 30.5 Å². The van der Waals surface area contributed by atoms with E-state index in [0.717, 1.165) is 36.4 Å². The number of aliphatic hydroxyl groups is 1. The number of hydrogen-bond donors (Lipinski definition) is 2. The average molecular weight is 271 g/mol. The summed E-state index contributed by atoms with van der Waals surface area (Å²) in [6, 6.07) is 18.1. The van der Waals surface area contributed by atoms with Crippen LogP contribution in [0.25, 0.3) is 0 Å². The first-order chi connectivity index (χ1) is 9.88. The quantitative estimate of drug-likeness (QED) is 0.723. The molecular formula is C17H21NO2. The Labute approximate surface area is 120 Å². The smallest absolute Gasteiger partial charge is 0.121 e. The maximum absolute atomic E-state index is 8.74. The van der Waals surface area contributed by atoms with E-state index in [2.05, 4.69) is 17.4 Å². The fraction of sp³-hybridized carbons (Fsp3) is 0.294. The lowest BCUT2D eigenvalue weighted by atomic mass is 10.2. The van der Waals surface area contributed by atoms with Crippen LogP contribution in [0.15, 0.2) is 54.6 Å². The molecule has 0 fully saturated rings. The fourth-order valence-electron chi connectivity index (χ4n) is 1.91. The molecular weight excluding hydrogens is 250 g/mol. The summed E-state index contributed by atoms with van der Waals surface area (Å²) in [5, 5.41) is 12.1. The Hall–Kier alpha value is -2.00. The SMILES string of the molecule is OCCCCNc1cccc(OCc2ccccc2)c1. The summed E-state index contributed by atoms with van der Waals surface area (Å²) in [6.45, 7) is 1.69. The minimum atomic E-state index is 0.252. The third kappa shape index (κ3) is 4.94. The molecule has 0 saturated carbocycles. The van der Waals surface area contributed by atoms with Gasteiger partial charge in [-0.25, -0.2) is 0 Å². The Morgan fingerprint density at radius 1 is 0.950 bits per heavy atom. The Morgan fingerprint density at radius 3 is 2.60 bits per heavy atom. The van der Waals surface area contributed by atoms with Gasteiger partial charge in [0.15, 0.2) is 0 Å². The van der Waals surface area contributed by atoms with Crippen LogP contribution in [-0.4, -0.2) is 18.3 Å². The maximum atomic E-state index is 8.74. The molecule has 20 heavy (non-hydrogen) atoms. The predicted molar refractivity (Wildman–Crippen MR) is 82.0 cm³/mol. The van der Waals surface area contributed by atoms with Gasteiger partial charge < -0.3 is 15.2 Å². The average Bonchev–Trinajstić information content (AvgIpc) is 2.51. The van der Waals surface area contributed by atoms with Gasteiger partial charge in [0, 0.05) is 24.9 Å². The van der Waals surface area contributed by atoms with Crippen molar-refractivity contribution in [1.29, 1.82) is 0 Å². The number of unbranched alkanes of at least 4 members (excludes halogenated alkanes) is 1. The molecule has 2 rings (SSSR count). The lowest BCUT2D eigenvalue weighted by Crippen LogP contribution is -2.02. The van der Waals surface area contributed by atoms with E-state index >= 15 is 0 Å². The molecule has 0 saturated heterocycles. The van der Waals surface area contributed by atoms with E-state index in [1.807, 2.05) is 42.5 Å². The minimum absolute atomic E-state index is 0.252. The molecule has 0 aliphatic carbocycles. The van der Waals surface area contributed by atoms with Crippen molar-refractivity contribution in [1.82, 2.24) is 0 Å². The van der Waals surface area contributed by atoms with Crippen LogP contribution in [0.3, 0.4) is 0 Å². The zero-order chi connectivity index (χ0) is 14.0. The van der Waals surface area contributed by atoms with Crippen molar-refractivity contribution >= 4 is 5.69 Å². The van der Waals surface area contributed by atoms with Crippen LogP contribution in [0, 0.1) is 0 Å². The molecule has 0 heterocycles. The van der Waals surface area contributed by atoms with Crippen LogP contribution < -0.4 is 10.1 Å². The van der Waals surface area contributed by atoms with Gasteiger partial charge in [0.2, 0.25) is 0 Å². The first kappa shape index (κ1) is 14.4. The van der Waals surface area contributed by atoms with Crippen LogP contribution in [0.4, 0.5) is 5.69 Å². The molecule has 0 aromatic heterocycles. The van der Waals surface area contributed by atoms with Gasteiger partial charge >= 0.3 is 0 Å². The van der Waals surface area contributed by atoms with Crippen LogP contribution >= 0.6 is 0 Å². The molecule has 2 aromatic rings. The molecule has 3 nitrogen and oxygen atoms in total. The molecule has 3 heteroatoms. The molecule has 0 atom stereocenters. The number of anilines is 1. The molecule has 106 valence electrons. The molecule has 0 unspecified atom stereocenters. The van der Waals surface area contributed by atoms with Crippen LogP contribution in [-0.2, 0) is 6.61 Å². The molecule has 0 spiro atoms. The van der Waals surface area contributed by atoms with Crippen molar-refractivity contribution in [3.8, 4) is 5.75 Å². The second kappa shape index (κ2) is 8.23. The molecule has 0 aliphatic heterocycles. The summed E-state index contributed by atoms with van der Waals surface area (Å²) in [6.07, 6.45) is 1.79. The standard InChI is InChI=1S/C17H21NO2/c19-12-5-4-11-18-16-9-6-10-17(13-16)20-14-15-7-2-1-3-8-15/h1-3,6-10,13,18-19H,4-5,11-12,14H2. The Morgan fingerprint density at radius 2 is 1.80 bits per heavy atom. The van der Waals surface area contributed by atoms with Crippen molar-refractivity contribution in [2.45, 2.75) is 19.4 Å². The summed E-state index contributed by atoms with van der Waals surface area (Å²) in [7, 11) is 0. The molecule has 0 radical (unpaired) electrons. The zero-order valence-electron chi connectivity index (χ0n) is 11.6. The van der Waals surface area contributed by atoms with E-state index in [1.54, 1.807) is 0 Å². The molecule has 2 N–H and O–H groups in total. The second-order valence-electron chi connectivity index (χ2n) is 4.66. The normalized spacial score (nSPS) is 10.2. The van der Waals surface area contributed by atoms with E-state index in [4.69, 9.17) is 9.84 Å². The Kier molecular flexibility index (Phi) is 5.93. The van der Waals surface area contributed by atoms with E-state index in [1.165, 1.54) is 0 Å². The molecule has 0 bridgehead atoms. The lowest BCUT2D eigenvalue weighted by Gasteiger charge is -2.10.